The Labute approximate surface area is 160 Å². The lowest BCUT2D eigenvalue weighted by Gasteiger charge is -2.26. The third kappa shape index (κ3) is 3.98. The van der Waals surface area contributed by atoms with E-state index >= 15 is 0 Å². The Hall–Kier alpha value is -2.80. The van der Waals surface area contributed by atoms with Crippen molar-refractivity contribution in [1.82, 2.24) is 5.32 Å². The maximum absolute atomic E-state index is 12.1. The van der Waals surface area contributed by atoms with Crippen LogP contribution in [0.2, 0.25) is 0 Å². The predicted molar refractivity (Wildman–Crippen MR) is 100.0 cm³/mol. The molecule has 1 amide bonds. The Bertz CT molecular complexity index is 896. The van der Waals surface area contributed by atoms with Gasteiger partial charge in [-0.25, -0.2) is 0 Å². The molecule has 0 aliphatic carbocycles. The molecule has 7 heteroatoms. The molecule has 27 heavy (non-hydrogen) atoms. The fourth-order valence-corrected chi connectivity index (χ4v) is 4.06. The zero-order valence-electron chi connectivity index (χ0n) is 14.3. The van der Waals surface area contributed by atoms with Crippen LogP contribution in [0.3, 0.4) is 0 Å². The molecular weight excluding hydrogens is 366 g/mol. The van der Waals surface area contributed by atoms with E-state index in [0.29, 0.717) is 23.5 Å². The number of ether oxygens (including phenoxy) is 2. The molecule has 2 aliphatic rings. The topological polar surface area (TPSA) is 81.7 Å². The van der Waals surface area contributed by atoms with Crippen molar-refractivity contribution in [2.24, 2.45) is 0 Å². The molecule has 1 N–H and O–H groups in total. The molecular formula is C20H17NO5S. The standard InChI is InChI=1S/C20H17NO5S/c22-15-10-19(23)27-17(15)9-12-5-7-13(8-6-12)25-11-18-21-20(24)14-3-1-2-4-16(14)26-18/h1-8,17-18H,9-11H2,(H,21,24). The molecule has 2 aromatic carbocycles. The summed E-state index contributed by atoms with van der Waals surface area (Å²) in [5.41, 5.74) is 1.48. The predicted octanol–water partition coefficient (Wildman–Crippen LogP) is 2.36. The first kappa shape index (κ1) is 17.6. The summed E-state index contributed by atoms with van der Waals surface area (Å²) in [5, 5.41) is 2.42. The second kappa shape index (κ2) is 7.44. The van der Waals surface area contributed by atoms with Gasteiger partial charge in [-0.2, -0.15) is 0 Å². The lowest BCUT2D eigenvalue weighted by Crippen LogP contribution is -2.46. The maximum atomic E-state index is 12.1. The van der Waals surface area contributed by atoms with Crippen LogP contribution in [0.5, 0.6) is 11.5 Å². The van der Waals surface area contributed by atoms with Crippen molar-refractivity contribution in [3.8, 4) is 11.5 Å². The SMILES string of the molecule is O=C1CC(=O)C(Cc2ccc(OCC3NC(=O)c4ccccc4O3)cc2)S1. The van der Waals surface area contributed by atoms with Crippen molar-refractivity contribution in [1.29, 1.82) is 0 Å². The molecule has 2 heterocycles. The normalized spacial score (nSPS) is 21.4. The van der Waals surface area contributed by atoms with Crippen molar-refractivity contribution >= 4 is 28.6 Å². The van der Waals surface area contributed by atoms with Crippen LogP contribution in [0.4, 0.5) is 0 Å². The Balaban J connectivity index is 1.32. The zero-order valence-corrected chi connectivity index (χ0v) is 15.2. The minimum Gasteiger partial charge on any atom is -0.488 e. The monoisotopic (exact) mass is 383 g/mol. The lowest BCUT2D eigenvalue weighted by molar-refractivity contribution is -0.121. The molecule has 4 rings (SSSR count). The summed E-state index contributed by atoms with van der Waals surface area (Å²) >= 11 is 1.12. The first-order chi connectivity index (χ1) is 13.1. The molecule has 2 unspecified atom stereocenters. The summed E-state index contributed by atoms with van der Waals surface area (Å²) in [5.74, 6) is 0.986. The zero-order chi connectivity index (χ0) is 18.8. The van der Waals surface area contributed by atoms with Crippen molar-refractivity contribution in [2.45, 2.75) is 24.3 Å². The number of benzene rings is 2. The summed E-state index contributed by atoms with van der Waals surface area (Å²) in [4.78, 5) is 35.1. The molecule has 0 spiro atoms. The van der Waals surface area contributed by atoms with Gasteiger partial charge in [0.1, 0.15) is 18.1 Å². The molecule has 6 nitrogen and oxygen atoms in total. The quantitative estimate of drug-likeness (QED) is 0.799. The van der Waals surface area contributed by atoms with Crippen molar-refractivity contribution < 1.29 is 23.9 Å². The van der Waals surface area contributed by atoms with Crippen molar-refractivity contribution in [3.05, 3.63) is 59.7 Å². The van der Waals surface area contributed by atoms with Crippen LogP contribution in [0.15, 0.2) is 48.5 Å². The molecule has 0 saturated carbocycles. The van der Waals surface area contributed by atoms with Gasteiger partial charge in [-0.15, -0.1) is 0 Å². The van der Waals surface area contributed by atoms with Gasteiger partial charge in [-0.1, -0.05) is 36.0 Å². The van der Waals surface area contributed by atoms with E-state index in [1.54, 1.807) is 30.3 Å². The molecule has 1 saturated heterocycles. The smallest absolute Gasteiger partial charge is 0.257 e. The van der Waals surface area contributed by atoms with E-state index in [4.69, 9.17) is 9.47 Å². The number of carbonyl (C=O) groups excluding carboxylic acids is 3. The molecule has 2 atom stereocenters. The van der Waals surface area contributed by atoms with Crippen molar-refractivity contribution in [3.63, 3.8) is 0 Å². The highest BCUT2D eigenvalue weighted by Gasteiger charge is 2.31. The number of ketones is 1. The van der Waals surface area contributed by atoms with E-state index in [1.165, 1.54) is 0 Å². The summed E-state index contributed by atoms with van der Waals surface area (Å²) in [6, 6.07) is 14.4. The van der Waals surface area contributed by atoms with Crippen LogP contribution >= 0.6 is 11.8 Å². The van der Waals surface area contributed by atoms with Crippen LogP contribution < -0.4 is 14.8 Å². The number of rotatable bonds is 5. The highest BCUT2D eigenvalue weighted by molar-refractivity contribution is 8.15. The summed E-state index contributed by atoms with van der Waals surface area (Å²) < 4.78 is 11.4. The van der Waals surface area contributed by atoms with Gasteiger partial charge in [-0.3, -0.25) is 14.4 Å². The number of hydrogen-bond donors (Lipinski definition) is 1. The average molecular weight is 383 g/mol. The molecule has 2 aromatic rings. The summed E-state index contributed by atoms with van der Waals surface area (Å²) in [6.45, 7) is 0.172. The molecule has 0 aromatic heterocycles. The van der Waals surface area contributed by atoms with E-state index < -0.39 is 6.23 Å². The third-order valence-corrected chi connectivity index (χ3v) is 5.51. The number of nitrogens with one attached hydrogen (secondary N) is 1. The minimum absolute atomic E-state index is 0.00389. The minimum atomic E-state index is -0.564. The second-order valence-corrected chi connectivity index (χ2v) is 7.62. The van der Waals surface area contributed by atoms with E-state index in [1.807, 2.05) is 18.2 Å². The number of carbonyl (C=O) groups is 3. The fraction of sp³-hybridized carbons (Fsp3) is 0.250. The van der Waals surface area contributed by atoms with Crippen LogP contribution in [0.25, 0.3) is 0 Å². The van der Waals surface area contributed by atoms with E-state index in [0.717, 1.165) is 17.3 Å². The van der Waals surface area contributed by atoms with Gasteiger partial charge in [0.05, 0.1) is 17.2 Å². The van der Waals surface area contributed by atoms with Crippen LogP contribution in [-0.4, -0.2) is 34.9 Å². The number of amides is 1. The number of Topliss-reactive ketones (excluding diaryl/α,β-unsaturated/α-hetero) is 1. The highest BCUT2D eigenvalue weighted by atomic mass is 32.2. The van der Waals surface area contributed by atoms with Crippen LogP contribution in [0.1, 0.15) is 22.3 Å². The van der Waals surface area contributed by atoms with Gasteiger partial charge < -0.3 is 14.8 Å². The fourth-order valence-electron chi connectivity index (χ4n) is 3.02. The van der Waals surface area contributed by atoms with Gasteiger partial charge in [0.25, 0.3) is 5.91 Å². The first-order valence-corrected chi connectivity index (χ1v) is 9.47. The molecule has 1 fully saturated rings. The van der Waals surface area contributed by atoms with Crippen molar-refractivity contribution in [2.75, 3.05) is 6.61 Å². The first-order valence-electron chi connectivity index (χ1n) is 8.59. The molecule has 138 valence electrons. The maximum Gasteiger partial charge on any atom is 0.257 e. The number of para-hydroxylation sites is 1. The Morgan fingerprint density at radius 1 is 1.07 bits per heavy atom. The Kier molecular flexibility index (Phi) is 4.85. The summed E-state index contributed by atoms with van der Waals surface area (Å²) in [6.07, 6.45) is 0.00604. The number of thioether (sulfide) groups is 1. The second-order valence-electron chi connectivity index (χ2n) is 6.36. The number of fused-ring (bicyclic) bond motifs is 1. The number of hydrogen-bond acceptors (Lipinski definition) is 6. The third-order valence-electron chi connectivity index (χ3n) is 4.39. The molecule has 0 radical (unpaired) electrons. The van der Waals surface area contributed by atoms with Crippen LogP contribution in [0, 0.1) is 0 Å². The van der Waals surface area contributed by atoms with E-state index in [9.17, 15) is 14.4 Å². The molecule has 2 aliphatic heterocycles. The highest BCUT2D eigenvalue weighted by Crippen LogP contribution is 2.28. The lowest BCUT2D eigenvalue weighted by atomic mass is 10.1. The van der Waals surface area contributed by atoms with Gasteiger partial charge >= 0.3 is 0 Å². The van der Waals surface area contributed by atoms with E-state index in [-0.39, 0.29) is 35.1 Å². The van der Waals surface area contributed by atoms with Crippen LogP contribution in [-0.2, 0) is 16.0 Å². The Morgan fingerprint density at radius 2 is 1.85 bits per heavy atom. The van der Waals surface area contributed by atoms with Gasteiger partial charge in [0, 0.05) is 0 Å². The molecule has 0 bridgehead atoms. The summed E-state index contributed by atoms with van der Waals surface area (Å²) in [7, 11) is 0. The van der Waals surface area contributed by atoms with Gasteiger partial charge in [0.2, 0.25) is 6.23 Å². The van der Waals surface area contributed by atoms with Gasteiger partial charge in [0.15, 0.2) is 10.9 Å². The Morgan fingerprint density at radius 3 is 2.59 bits per heavy atom. The average Bonchev–Trinajstić information content (AvgIpc) is 2.98. The largest absolute Gasteiger partial charge is 0.488 e. The van der Waals surface area contributed by atoms with Gasteiger partial charge in [-0.05, 0) is 36.2 Å². The van der Waals surface area contributed by atoms with E-state index in [2.05, 4.69) is 5.32 Å².